The number of carbonyl (C=O) groups is 4. The molecule has 3 heterocycles. The van der Waals surface area contributed by atoms with Crippen LogP contribution in [0.4, 0.5) is 16.5 Å². The van der Waals surface area contributed by atoms with Crippen LogP contribution in [0, 0.1) is 0 Å². The molecule has 0 unspecified atom stereocenters. The van der Waals surface area contributed by atoms with Crippen LogP contribution in [0.5, 0.6) is 0 Å². The third-order valence-corrected chi connectivity index (χ3v) is 7.17. The normalized spacial score (nSPS) is 11.4. The first-order chi connectivity index (χ1) is 18.3. The van der Waals surface area contributed by atoms with Crippen LogP contribution in [0.15, 0.2) is 24.5 Å². The van der Waals surface area contributed by atoms with Crippen LogP contribution < -0.4 is 21.3 Å². The summed E-state index contributed by atoms with van der Waals surface area (Å²) in [7, 11) is 7.33. The summed E-state index contributed by atoms with van der Waals surface area (Å²) >= 11 is 1.27. The summed E-state index contributed by atoms with van der Waals surface area (Å²) in [5.74, 6) is -1.10. The molecule has 0 aliphatic rings. The van der Waals surface area contributed by atoms with Gasteiger partial charge in [-0.3, -0.25) is 24.5 Å². The van der Waals surface area contributed by atoms with Gasteiger partial charge in [-0.1, -0.05) is 20.8 Å². The lowest BCUT2D eigenvalue weighted by molar-refractivity contribution is -0.105. The van der Waals surface area contributed by atoms with E-state index < -0.39 is 11.8 Å². The average Bonchev–Trinajstić information content (AvgIpc) is 3.53. The van der Waals surface area contributed by atoms with E-state index in [1.165, 1.54) is 11.3 Å². The van der Waals surface area contributed by atoms with Gasteiger partial charge < -0.3 is 30.0 Å². The van der Waals surface area contributed by atoms with Gasteiger partial charge in [0, 0.05) is 37.9 Å². The maximum atomic E-state index is 13.1. The summed E-state index contributed by atoms with van der Waals surface area (Å²) in [4.78, 5) is 56.7. The Hall–Kier alpha value is -3.97. The molecular weight excluding hydrogens is 520 g/mol. The van der Waals surface area contributed by atoms with Gasteiger partial charge in [-0.05, 0) is 44.6 Å². The first-order valence-electron chi connectivity index (χ1n) is 12.4. The van der Waals surface area contributed by atoms with Crippen molar-refractivity contribution in [2.24, 2.45) is 14.1 Å². The fourth-order valence-corrected chi connectivity index (χ4v) is 4.88. The topological polar surface area (TPSA) is 142 Å². The average molecular weight is 557 g/mol. The molecule has 0 fully saturated rings. The van der Waals surface area contributed by atoms with Gasteiger partial charge in [0.1, 0.15) is 17.1 Å². The lowest BCUT2D eigenvalue weighted by Gasteiger charge is -2.17. The molecule has 0 atom stereocenters. The molecule has 0 radical (unpaired) electrons. The fourth-order valence-electron chi connectivity index (χ4n) is 3.87. The minimum absolute atomic E-state index is 0.272. The van der Waals surface area contributed by atoms with Crippen molar-refractivity contribution in [3.8, 4) is 0 Å². The van der Waals surface area contributed by atoms with Gasteiger partial charge in [0.05, 0.1) is 11.4 Å². The minimum Gasteiger partial charge on any atom is -0.351 e. The molecule has 0 saturated carbocycles. The molecule has 13 heteroatoms. The molecule has 210 valence electrons. The summed E-state index contributed by atoms with van der Waals surface area (Å²) in [6.45, 7) is 7.35. The van der Waals surface area contributed by atoms with E-state index in [1.807, 2.05) is 34.9 Å². The molecule has 0 aliphatic carbocycles. The van der Waals surface area contributed by atoms with Crippen molar-refractivity contribution >= 4 is 52.0 Å². The number of carbonyl (C=O) groups excluding carboxylic acids is 4. The van der Waals surface area contributed by atoms with Crippen LogP contribution in [0.3, 0.4) is 0 Å². The Balaban J connectivity index is 1.73. The number of nitrogens with zero attached hydrogens (tertiary/aromatic N) is 4. The van der Waals surface area contributed by atoms with Crippen LogP contribution in [0.25, 0.3) is 0 Å². The number of amides is 4. The highest BCUT2D eigenvalue weighted by Crippen LogP contribution is 2.34. The van der Waals surface area contributed by atoms with Crippen LogP contribution in [0.2, 0.25) is 0 Å². The van der Waals surface area contributed by atoms with Crippen molar-refractivity contribution in [1.29, 1.82) is 0 Å². The number of hydrogen-bond acceptors (Lipinski definition) is 7. The standard InChI is InChI=1S/C26H36N8O4S/c1-26(2,3)21-20(24(38)27-9-8-10-32(4)5)30-25(39-21)31-23(37)19-12-17(14-34(19)7)29-22(36)18-11-16(28-15-35)13-33(18)6/h11-15H,8-10H2,1-7H3,(H,27,38)(H,28,35)(H,29,36)(H,30,31,37). The van der Waals surface area contributed by atoms with Gasteiger partial charge in [-0.15, -0.1) is 11.3 Å². The predicted octanol–water partition coefficient (Wildman–Crippen LogP) is 2.87. The van der Waals surface area contributed by atoms with Crippen molar-refractivity contribution in [2.45, 2.75) is 32.6 Å². The highest BCUT2D eigenvalue weighted by Gasteiger charge is 2.28. The zero-order valence-electron chi connectivity index (χ0n) is 23.3. The molecule has 0 bridgehead atoms. The van der Waals surface area contributed by atoms with E-state index in [0.29, 0.717) is 46.5 Å². The second-order valence-electron chi connectivity index (χ2n) is 10.5. The van der Waals surface area contributed by atoms with E-state index in [4.69, 9.17) is 0 Å². The van der Waals surface area contributed by atoms with Crippen molar-refractivity contribution in [1.82, 2.24) is 24.3 Å². The summed E-state index contributed by atoms with van der Waals surface area (Å²) < 4.78 is 3.18. The van der Waals surface area contributed by atoms with Gasteiger partial charge >= 0.3 is 0 Å². The fraction of sp³-hybridized carbons (Fsp3) is 0.423. The van der Waals surface area contributed by atoms with Crippen LogP contribution in [0.1, 0.15) is 63.5 Å². The molecular formula is C26H36N8O4S. The molecule has 4 N–H and O–H groups in total. The van der Waals surface area contributed by atoms with Gasteiger partial charge in [0.15, 0.2) is 5.13 Å². The lowest BCUT2D eigenvalue weighted by Crippen LogP contribution is -2.29. The summed E-state index contributed by atoms with van der Waals surface area (Å²) in [6, 6.07) is 3.10. The Kier molecular flexibility index (Phi) is 9.30. The number of anilines is 3. The maximum Gasteiger partial charge on any atom is 0.274 e. The third kappa shape index (κ3) is 7.54. The number of aryl methyl sites for hydroxylation is 2. The van der Waals surface area contributed by atoms with Crippen molar-refractivity contribution in [3.63, 3.8) is 0 Å². The quantitative estimate of drug-likeness (QED) is 0.211. The van der Waals surface area contributed by atoms with E-state index >= 15 is 0 Å². The Bertz CT molecular complexity index is 1360. The number of rotatable bonds is 11. The lowest BCUT2D eigenvalue weighted by atomic mass is 9.93. The Morgan fingerprint density at radius 3 is 2.15 bits per heavy atom. The summed E-state index contributed by atoms with van der Waals surface area (Å²) in [5, 5.41) is 11.3. The minimum atomic E-state index is -0.429. The number of aromatic nitrogens is 3. The smallest absolute Gasteiger partial charge is 0.274 e. The van der Waals surface area contributed by atoms with E-state index in [1.54, 1.807) is 47.8 Å². The zero-order chi connectivity index (χ0) is 28.9. The highest BCUT2D eigenvalue weighted by molar-refractivity contribution is 7.16. The van der Waals surface area contributed by atoms with E-state index in [-0.39, 0.29) is 11.3 Å². The largest absolute Gasteiger partial charge is 0.351 e. The predicted molar refractivity (Wildman–Crippen MR) is 153 cm³/mol. The molecule has 0 saturated heterocycles. The second-order valence-corrected chi connectivity index (χ2v) is 11.5. The third-order valence-electron chi connectivity index (χ3n) is 5.77. The summed E-state index contributed by atoms with van der Waals surface area (Å²) in [6.07, 6.45) is 4.58. The number of thiazole rings is 1. The first kappa shape index (κ1) is 29.6. The Morgan fingerprint density at radius 1 is 0.974 bits per heavy atom. The molecule has 39 heavy (non-hydrogen) atoms. The number of hydrogen-bond donors (Lipinski definition) is 4. The van der Waals surface area contributed by atoms with Gasteiger partial charge in [0.2, 0.25) is 6.41 Å². The molecule has 3 aromatic heterocycles. The SMILES string of the molecule is CN(C)CCCNC(=O)c1nc(NC(=O)c2cc(NC(=O)c3cc(NC=O)cn3C)cn2C)sc1C(C)(C)C. The van der Waals surface area contributed by atoms with E-state index in [9.17, 15) is 19.2 Å². The molecule has 12 nitrogen and oxygen atoms in total. The Morgan fingerprint density at radius 2 is 1.56 bits per heavy atom. The molecule has 0 aromatic carbocycles. The van der Waals surface area contributed by atoms with Gasteiger partial charge in [-0.25, -0.2) is 4.98 Å². The van der Waals surface area contributed by atoms with Crippen molar-refractivity contribution < 1.29 is 19.2 Å². The first-order valence-corrected chi connectivity index (χ1v) is 13.2. The molecule has 3 rings (SSSR count). The van der Waals surface area contributed by atoms with Crippen LogP contribution in [-0.4, -0.2) is 70.3 Å². The Labute approximate surface area is 231 Å². The maximum absolute atomic E-state index is 13.1. The van der Waals surface area contributed by atoms with E-state index in [0.717, 1.165) is 17.8 Å². The summed E-state index contributed by atoms with van der Waals surface area (Å²) in [5.41, 5.74) is 1.49. The molecule has 3 aromatic rings. The van der Waals surface area contributed by atoms with Crippen LogP contribution in [-0.2, 0) is 24.3 Å². The van der Waals surface area contributed by atoms with Gasteiger partial charge in [0.25, 0.3) is 17.7 Å². The van der Waals surface area contributed by atoms with Crippen molar-refractivity contribution in [3.05, 3.63) is 46.5 Å². The molecule has 4 amide bonds. The second kappa shape index (κ2) is 12.3. The molecule has 0 aliphatic heterocycles. The monoisotopic (exact) mass is 556 g/mol. The highest BCUT2D eigenvalue weighted by atomic mass is 32.1. The van der Waals surface area contributed by atoms with Gasteiger partial charge in [-0.2, -0.15) is 0 Å². The zero-order valence-corrected chi connectivity index (χ0v) is 24.2. The number of nitrogens with one attached hydrogen (secondary N) is 4. The van der Waals surface area contributed by atoms with Crippen LogP contribution >= 0.6 is 11.3 Å². The van der Waals surface area contributed by atoms with E-state index in [2.05, 4.69) is 31.2 Å². The molecule has 0 spiro atoms. The van der Waals surface area contributed by atoms with Crippen molar-refractivity contribution in [2.75, 3.05) is 43.1 Å².